The molecule has 13 rings (SSSR count). The summed E-state index contributed by atoms with van der Waals surface area (Å²) in [7, 11) is 0. The molecule has 3 saturated carbocycles. The molecule has 294 valence electrons. The van der Waals surface area contributed by atoms with Gasteiger partial charge in [0.2, 0.25) is 0 Å². The van der Waals surface area contributed by atoms with E-state index in [1.807, 2.05) is 0 Å². The molecule has 3 unspecified atom stereocenters. The average Bonchev–Trinajstić information content (AvgIpc) is 4.08. The summed E-state index contributed by atoms with van der Waals surface area (Å²) in [5.74, 6) is 2.09. The van der Waals surface area contributed by atoms with Gasteiger partial charge in [0.05, 0.1) is 5.69 Å². The van der Waals surface area contributed by atoms with Crippen LogP contribution in [0.15, 0.2) is 156 Å². The van der Waals surface area contributed by atoms with Gasteiger partial charge < -0.3 is 9.32 Å². The molecule has 0 N–H and O–H groups in total. The summed E-state index contributed by atoms with van der Waals surface area (Å²) in [6.45, 7) is 2.48. The van der Waals surface area contributed by atoms with Crippen LogP contribution in [0, 0.1) is 17.8 Å². The number of para-hydroxylation sites is 2. The lowest BCUT2D eigenvalue weighted by Crippen LogP contribution is -2.49. The molecule has 1 heterocycles. The van der Waals surface area contributed by atoms with Gasteiger partial charge in [-0.05, 0) is 136 Å². The van der Waals surface area contributed by atoms with Gasteiger partial charge in [0.1, 0.15) is 11.2 Å². The molecular weight excluding hydrogens is 727 g/mol. The molecule has 5 aliphatic carbocycles. The predicted molar refractivity (Wildman–Crippen MR) is 249 cm³/mol. The van der Waals surface area contributed by atoms with E-state index in [1.165, 1.54) is 125 Å². The van der Waals surface area contributed by atoms with E-state index in [2.05, 4.69) is 163 Å². The minimum absolute atomic E-state index is 0.0133. The number of hydrogen-bond acceptors (Lipinski definition) is 2. The molecule has 2 spiro atoms. The number of anilines is 3. The Labute approximate surface area is 353 Å². The monoisotopic (exact) mass is 777 g/mol. The first-order valence-corrected chi connectivity index (χ1v) is 23.0. The lowest BCUT2D eigenvalue weighted by Gasteiger charge is -2.54. The summed E-state index contributed by atoms with van der Waals surface area (Å²) in [6, 6.07) is 58.1. The number of nitrogens with zero attached hydrogens (tertiary/aromatic N) is 1. The van der Waals surface area contributed by atoms with Gasteiger partial charge in [-0.1, -0.05) is 154 Å². The van der Waals surface area contributed by atoms with E-state index >= 15 is 0 Å². The first-order chi connectivity index (χ1) is 29.7. The second-order valence-corrected chi connectivity index (χ2v) is 18.9. The number of hydrogen-bond donors (Lipinski definition) is 0. The third kappa shape index (κ3) is 4.66. The van der Waals surface area contributed by atoms with Crippen molar-refractivity contribution in [2.24, 2.45) is 17.8 Å². The standard InChI is InChI=1S/C58H51NO/c1-2-39-34-37-14-11-15-40(35-37)58(39)52-23-7-4-16-44(52)47-20-13-24-53(55(47)58)59(42-30-31-51-49(36-42)45-17-3-6-22-50(45)57(51)32-9-10-33-57)41-28-26-38(27-29-41)43-19-12-21-48-46-18-5-8-25-54(46)60-56(43)48/h3-8,12-13,16-31,36-37,39-40H,2,9-11,14-15,32-35H2,1H3/t37?,39-,40?,58?/m0/s1. The summed E-state index contributed by atoms with van der Waals surface area (Å²) >= 11 is 0. The Morgan fingerprint density at radius 1 is 0.567 bits per heavy atom. The number of furan rings is 1. The molecule has 4 atom stereocenters. The molecule has 7 aromatic carbocycles. The van der Waals surface area contributed by atoms with Crippen molar-refractivity contribution in [3.63, 3.8) is 0 Å². The Kier molecular flexibility index (Phi) is 7.61. The molecule has 8 aromatic rings. The lowest BCUT2D eigenvalue weighted by atomic mass is 9.49. The zero-order valence-electron chi connectivity index (χ0n) is 34.6. The van der Waals surface area contributed by atoms with Crippen molar-refractivity contribution < 1.29 is 4.42 Å². The van der Waals surface area contributed by atoms with Gasteiger partial charge >= 0.3 is 0 Å². The Hall–Kier alpha value is -5.86. The van der Waals surface area contributed by atoms with Crippen LogP contribution in [0.3, 0.4) is 0 Å². The number of rotatable bonds is 5. The Balaban J connectivity index is 1.04. The van der Waals surface area contributed by atoms with E-state index in [0.717, 1.165) is 22.6 Å². The highest BCUT2D eigenvalue weighted by Gasteiger charge is 2.58. The highest BCUT2D eigenvalue weighted by molar-refractivity contribution is 6.09. The van der Waals surface area contributed by atoms with Gasteiger partial charge in [0.25, 0.3) is 0 Å². The minimum atomic E-state index is -0.0133. The maximum absolute atomic E-state index is 6.55. The van der Waals surface area contributed by atoms with Crippen LogP contribution < -0.4 is 4.90 Å². The molecule has 0 radical (unpaired) electrons. The molecule has 3 fully saturated rings. The molecule has 0 saturated heterocycles. The summed E-state index contributed by atoms with van der Waals surface area (Å²) in [6.07, 6.45) is 13.0. The van der Waals surface area contributed by atoms with Crippen molar-refractivity contribution in [1.82, 2.24) is 0 Å². The first-order valence-electron chi connectivity index (χ1n) is 23.0. The van der Waals surface area contributed by atoms with Crippen LogP contribution in [0.2, 0.25) is 0 Å². The zero-order valence-corrected chi connectivity index (χ0v) is 34.6. The summed E-state index contributed by atoms with van der Waals surface area (Å²) in [5.41, 5.74) is 20.1. The summed E-state index contributed by atoms with van der Waals surface area (Å²) in [5, 5.41) is 2.33. The van der Waals surface area contributed by atoms with Crippen molar-refractivity contribution >= 4 is 39.0 Å². The SMILES string of the molecule is CC[C@H]1CC2CCCC(C2)C12c1ccccc1-c1cccc(N(c3ccc(-c4cccc5c4oc4ccccc45)cc3)c3ccc4c(c3)-c3ccccc3C43CCCC3)c12. The van der Waals surface area contributed by atoms with E-state index in [9.17, 15) is 0 Å². The van der Waals surface area contributed by atoms with Gasteiger partial charge in [0, 0.05) is 38.5 Å². The van der Waals surface area contributed by atoms with Crippen LogP contribution in [-0.4, -0.2) is 0 Å². The Morgan fingerprint density at radius 2 is 1.25 bits per heavy atom. The van der Waals surface area contributed by atoms with Gasteiger partial charge in [-0.25, -0.2) is 0 Å². The average molecular weight is 778 g/mol. The molecule has 0 aliphatic heterocycles. The molecule has 2 heteroatoms. The van der Waals surface area contributed by atoms with Crippen LogP contribution in [0.5, 0.6) is 0 Å². The third-order valence-electron chi connectivity index (χ3n) is 16.3. The summed E-state index contributed by atoms with van der Waals surface area (Å²) in [4.78, 5) is 2.65. The topological polar surface area (TPSA) is 16.4 Å². The number of benzene rings is 7. The maximum atomic E-state index is 6.55. The van der Waals surface area contributed by atoms with Crippen LogP contribution in [0.25, 0.3) is 55.3 Å². The predicted octanol–water partition coefficient (Wildman–Crippen LogP) is 16.1. The molecule has 2 nitrogen and oxygen atoms in total. The summed E-state index contributed by atoms with van der Waals surface area (Å²) < 4.78 is 6.55. The molecule has 0 amide bonds. The third-order valence-corrected chi connectivity index (χ3v) is 16.3. The molecular formula is C58H51NO. The van der Waals surface area contributed by atoms with Gasteiger partial charge in [-0.2, -0.15) is 0 Å². The van der Waals surface area contributed by atoms with Crippen molar-refractivity contribution in [3.8, 4) is 33.4 Å². The number of fused-ring (bicyclic) bond motifs is 16. The van der Waals surface area contributed by atoms with E-state index in [-0.39, 0.29) is 10.8 Å². The quantitative estimate of drug-likeness (QED) is 0.173. The Bertz CT molecular complexity index is 2990. The normalized spacial score (nSPS) is 22.9. The molecule has 5 aliphatic rings. The molecule has 1 aromatic heterocycles. The van der Waals surface area contributed by atoms with E-state index < -0.39 is 0 Å². The molecule has 2 bridgehead atoms. The van der Waals surface area contributed by atoms with Gasteiger partial charge in [-0.15, -0.1) is 0 Å². The fraction of sp³-hybridized carbons (Fsp3) is 0.276. The minimum Gasteiger partial charge on any atom is -0.455 e. The highest BCUT2D eigenvalue weighted by atomic mass is 16.3. The van der Waals surface area contributed by atoms with Gasteiger partial charge in [-0.3, -0.25) is 0 Å². The lowest BCUT2D eigenvalue weighted by molar-refractivity contribution is 0.0560. The maximum Gasteiger partial charge on any atom is 0.143 e. The van der Waals surface area contributed by atoms with Gasteiger partial charge in [0.15, 0.2) is 0 Å². The fourth-order valence-corrected chi connectivity index (χ4v) is 14.1. The van der Waals surface area contributed by atoms with Crippen LogP contribution in [-0.2, 0) is 10.8 Å². The van der Waals surface area contributed by atoms with Crippen molar-refractivity contribution in [1.29, 1.82) is 0 Å². The van der Waals surface area contributed by atoms with E-state index in [0.29, 0.717) is 11.8 Å². The van der Waals surface area contributed by atoms with Crippen molar-refractivity contribution in [3.05, 3.63) is 174 Å². The van der Waals surface area contributed by atoms with Crippen LogP contribution in [0.4, 0.5) is 17.1 Å². The van der Waals surface area contributed by atoms with Crippen LogP contribution >= 0.6 is 0 Å². The van der Waals surface area contributed by atoms with Crippen molar-refractivity contribution in [2.45, 2.75) is 82.0 Å². The largest absolute Gasteiger partial charge is 0.455 e. The first kappa shape index (κ1) is 34.9. The molecule has 60 heavy (non-hydrogen) atoms. The second kappa shape index (κ2) is 13.1. The zero-order chi connectivity index (χ0) is 39.6. The smallest absolute Gasteiger partial charge is 0.143 e. The fourth-order valence-electron chi connectivity index (χ4n) is 14.1. The van der Waals surface area contributed by atoms with E-state index in [1.54, 1.807) is 16.7 Å². The second-order valence-electron chi connectivity index (χ2n) is 18.9. The Morgan fingerprint density at radius 3 is 2.10 bits per heavy atom. The van der Waals surface area contributed by atoms with Crippen molar-refractivity contribution in [2.75, 3.05) is 4.90 Å². The van der Waals surface area contributed by atoms with Crippen LogP contribution in [0.1, 0.15) is 93.4 Å². The highest BCUT2D eigenvalue weighted by Crippen LogP contribution is 2.67. The van der Waals surface area contributed by atoms with E-state index in [4.69, 9.17) is 4.42 Å².